The summed E-state index contributed by atoms with van der Waals surface area (Å²) in [5.41, 5.74) is 1.03. The minimum atomic E-state index is -0.341. The van der Waals surface area contributed by atoms with Gasteiger partial charge in [0, 0.05) is 18.7 Å². The van der Waals surface area contributed by atoms with Crippen molar-refractivity contribution in [3.05, 3.63) is 24.0 Å². The lowest BCUT2D eigenvalue weighted by Gasteiger charge is -2.21. The van der Waals surface area contributed by atoms with Crippen LogP contribution in [-0.4, -0.2) is 29.5 Å². The number of amides is 1. The molecule has 6 heteroatoms. The molecule has 1 aromatic heterocycles. The summed E-state index contributed by atoms with van der Waals surface area (Å²) in [7, 11) is 0. The smallest absolute Gasteiger partial charge is 0.299 e. The van der Waals surface area contributed by atoms with E-state index >= 15 is 0 Å². The number of halogens is 1. The number of anilines is 1. The number of benzene rings is 1. The Morgan fingerprint density at radius 3 is 3.05 bits per heavy atom. The average Bonchev–Trinajstić information content (AvgIpc) is 3.01. The summed E-state index contributed by atoms with van der Waals surface area (Å²) < 4.78 is 18.9. The predicted molar refractivity (Wildman–Crippen MR) is 75.5 cm³/mol. The van der Waals surface area contributed by atoms with Gasteiger partial charge in [0.05, 0.1) is 0 Å². The number of oxazole rings is 1. The molecule has 4 rings (SSSR count). The van der Waals surface area contributed by atoms with E-state index in [4.69, 9.17) is 4.42 Å². The van der Waals surface area contributed by atoms with Crippen LogP contribution in [0.25, 0.3) is 11.1 Å². The first kappa shape index (κ1) is 12.6. The quantitative estimate of drug-likeness (QED) is 0.941. The first-order valence-electron chi connectivity index (χ1n) is 7.34. The lowest BCUT2D eigenvalue weighted by atomic mass is 10.2. The number of carbonyl (C=O) groups is 1. The van der Waals surface area contributed by atoms with Gasteiger partial charge in [-0.1, -0.05) is 0 Å². The molecule has 2 fully saturated rings. The number of nitrogens with zero attached hydrogens (tertiary/aromatic N) is 2. The van der Waals surface area contributed by atoms with Crippen molar-refractivity contribution >= 4 is 23.0 Å². The number of aromatic nitrogens is 1. The second-order valence-electron chi connectivity index (χ2n) is 5.74. The Kier molecular flexibility index (Phi) is 2.83. The number of rotatable bonds is 3. The summed E-state index contributed by atoms with van der Waals surface area (Å²) in [5, 5.41) is 3.03. The number of nitrogens with one attached hydrogen (secondary N) is 1. The van der Waals surface area contributed by atoms with Crippen LogP contribution in [0.15, 0.2) is 22.6 Å². The van der Waals surface area contributed by atoms with Crippen molar-refractivity contribution in [1.82, 2.24) is 10.3 Å². The third kappa shape index (κ3) is 2.34. The zero-order valence-electron chi connectivity index (χ0n) is 11.5. The molecule has 1 saturated heterocycles. The van der Waals surface area contributed by atoms with Crippen molar-refractivity contribution in [2.24, 2.45) is 0 Å². The maximum Gasteiger partial charge on any atom is 0.299 e. The van der Waals surface area contributed by atoms with E-state index in [1.807, 2.05) is 4.90 Å². The maximum atomic E-state index is 13.2. The summed E-state index contributed by atoms with van der Waals surface area (Å²) in [6, 6.07) is 4.78. The van der Waals surface area contributed by atoms with Gasteiger partial charge in [-0.15, -0.1) is 0 Å². The van der Waals surface area contributed by atoms with Crippen LogP contribution in [0, 0.1) is 5.82 Å². The van der Waals surface area contributed by atoms with Crippen molar-refractivity contribution < 1.29 is 13.6 Å². The molecule has 1 N–H and O–H groups in total. The summed E-state index contributed by atoms with van der Waals surface area (Å²) in [4.78, 5) is 18.5. The van der Waals surface area contributed by atoms with E-state index in [1.54, 1.807) is 6.07 Å². The average molecular weight is 289 g/mol. The van der Waals surface area contributed by atoms with E-state index < -0.39 is 0 Å². The first-order chi connectivity index (χ1) is 10.2. The van der Waals surface area contributed by atoms with Crippen LogP contribution in [0.2, 0.25) is 0 Å². The van der Waals surface area contributed by atoms with Crippen molar-refractivity contribution in [2.45, 2.75) is 37.8 Å². The molecular formula is C15H16FN3O2. The van der Waals surface area contributed by atoms with Gasteiger partial charge in [0.1, 0.15) is 17.4 Å². The lowest BCUT2D eigenvalue weighted by Crippen LogP contribution is -2.44. The topological polar surface area (TPSA) is 58.4 Å². The zero-order valence-corrected chi connectivity index (χ0v) is 11.5. The molecule has 0 bridgehead atoms. The fourth-order valence-electron chi connectivity index (χ4n) is 2.80. The molecule has 2 heterocycles. The number of carbonyl (C=O) groups excluding carboxylic acids is 1. The highest BCUT2D eigenvalue weighted by Gasteiger charge is 2.36. The molecule has 1 atom stereocenters. The molecule has 0 spiro atoms. The number of hydrogen-bond donors (Lipinski definition) is 1. The van der Waals surface area contributed by atoms with E-state index in [9.17, 15) is 9.18 Å². The molecule has 2 aliphatic rings. The van der Waals surface area contributed by atoms with E-state index in [-0.39, 0.29) is 17.8 Å². The Bertz CT molecular complexity index is 695. The Morgan fingerprint density at radius 1 is 1.38 bits per heavy atom. The molecule has 110 valence electrons. The monoisotopic (exact) mass is 289 g/mol. The van der Waals surface area contributed by atoms with Crippen molar-refractivity contribution in [2.75, 3.05) is 11.4 Å². The largest absolute Gasteiger partial charge is 0.423 e. The van der Waals surface area contributed by atoms with Gasteiger partial charge in [-0.2, -0.15) is 4.98 Å². The van der Waals surface area contributed by atoms with E-state index in [0.29, 0.717) is 23.2 Å². The molecular weight excluding hydrogens is 273 g/mol. The van der Waals surface area contributed by atoms with Gasteiger partial charge in [0.2, 0.25) is 5.91 Å². The summed E-state index contributed by atoms with van der Waals surface area (Å²) >= 11 is 0. The molecule has 2 aromatic rings. The highest BCUT2D eigenvalue weighted by atomic mass is 19.1. The maximum absolute atomic E-state index is 13.2. The van der Waals surface area contributed by atoms with Gasteiger partial charge >= 0.3 is 0 Å². The fourth-order valence-corrected chi connectivity index (χ4v) is 2.80. The van der Waals surface area contributed by atoms with Gasteiger partial charge in [0.25, 0.3) is 6.01 Å². The second kappa shape index (κ2) is 4.72. The van der Waals surface area contributed by atoms with Crippen molar-refractivity contribution in [3.63, 3.8) is 0 Å². The highest BCUT2D eigenvalue weighted by molar-refractivity contribution is 5.86. The SMILES string of the molecule is O=C(NC1CC1)C1CCCN1c1nc2cc(F)ccc2o1. The van der Waals surface area contributed by atoms with Crippen LogP contribution in [-0.2, 0) is 4.79 Å². The van der Waals surface area contributed by atoms with Crippen LogP contribution < -0.4 is 10.2 Å². The van der Waals surface area contributed by atoms with Crippen molar-refractivity contribution in [3.8, 4) is 0 Å². The Balaban J connectivity index is 1.61. The highest BCUT2D eigenvalue weighted by Crippen LogP contribution is 2.29. The molecule has 5 nitrogen and oxygen atoms in total. The summed E-state index contributed by atoms with van der Waals surface area (Å²) in [6.07, 6.45) is 3.86. The number of fused-ring (bicyclic) bond motifs is 1. The predicted octanol–water partition coefficient (Wildman–Crippen LogP) is 2.21. The van der Waals surface area contributed by atoms with E-state index in [2.05, 4.69) is 10.3 Å². The van der Waals surface area contributed by atoms with Crippen LogP contribution in [0.5, 0.6) is 0 Å². The Labute approximate surface area is 121 Å². The van der Waals surface area contributed by atoms with Gasteiger partial charge in [0.15, 0.2) is 5.58 Å². The van der Waals surface area contributed by atoms with Gasteiger partial charge in [-0.3, -0.25) is 4.79 Å². The van der Waals surface area contributed by atoms with Gasteiger partial charge in [-0.25, -0.2) is 4.39 Å². The van der Waals surface area contributed by atoms with Gasteiger partial charge in [-0.05, 0) is 37.8 Å². The van der Waals surface area contributed by atoms with Crippen LogP contribution in [0.4, 0.5) is 10.4 Å². The molecule has 1 saturated carbocycles. The molecule has 21 heavy (non-hydrogen) atoms. The minimum absolute atomic E-state index is 0.0448. The molecule has 1 aliphatic carbocycles. The fraction of sp³-hybridized carbons (Fsp3) is 0.467. The Morgan fingerprint density at radius 2 is 2.24 bits per heavy atom. The second-order valence-corrected chi connectivity index (χ2v) is 5.74. The lowest BCUT2D eigenvalue weighted by molar-refractivity contribution is -0.122. The standard InChI is InChI=1S/C15H16FN3O2/c16-9-3-6-13-11(8-9)18-15(21-13)19-7-1-2-12(19)14(20)17-10-4-5-10/h3,6,8,10,12H,1-2,4-5,7H2,(H,17,20). The molecule has 0 radical (unpaired) electrons. The van der Waals surface area contributed by atoms with Crippen LogP contribution in [0.1, 0.15) is 25.7 Å². The third-order valence-corrected chi connectivity index (χ3v) is 4.06. The third-order valence-electron chi connectivity index (χ3n) is 4.06. The molecule has 1 amide bonds. The van der Waals surface area contributed by atoms with Gasteiger partial charge < -0.3 is 14.6 Å². The van der Waals surface area contributed by atoms with Crippen molar-refractivity contribution in [1.29, 1.82) is 0 Å². The van der Waals surface area contributed by atoms with E-state index in [0.717, 1.165) is 32.2 Å². The summed E-state index contributed by atoms with van der Waals surface area (Å²) in [6.45, 7) is 0.734. The minimum Gasteiger partial charge on any atom is -0.423 e. The normalized spacial score (nSPS) is 22.0. The molecule has 1 aliphatic heterocycles. The van der Waals surface area contributed by atoms with Crippen LogP contribution >= 0.6 is 0 Å². The molecule has 1 unspecified atom stereocenters. The number of hydrogen-bond acceptors (Lipinski definition) is 4. The molecule has 1 aromatic carbocycles. The van der Waals surface area contributed by atoms with E-state index in [1.165, 1.54) is 12.1 Å². The Hall–Kier alpha value is -2.11. The first-order valence-corrected chi connectivity index (χ1v) is 7.34. The van der Waals surface area contributed by atoms with Crippen LogP contribution in [0.3, 0.4) is 0 Å². The zero-order chi connectivity index (χ0) is 14.4. The summed E-state index contributed by atoms with van der Waals surface area (Å²) in [5.74, 6) is -0.296.